The number of hydrogen-bond donors (Lipinski definition) is 0. The Bertz CT molecular complexity index is 738. The monoisotopic (exact) mass is 326 g/mol. The van der Waals surface area contributed by atoms with E-state index in [4.69, 9.17) is 23.2 Å². The summed E-state index contributed by atoms with van der Waals surface area (Å²) in [6.07, 6.45) is 0. The molecule has 0 atom stereocenters. The molecule has 0 aliphatic carbocycles. The molecule has 7 heteroatoms. The molecule has 0 saturated carbocycles. The Morgan fingerprint density at radius 1 is 1.33 bits per heavy atom. The third-order valence-electron chi connectivity index (χ3n) is 3.23. The Hall–Kier alpha value is -1.85. The lowest BCUT2D eigenvalue weighted by Gasteiger charge is -2.11. The normalized spacial score (nSPS) is 10.7. The van der Waals surface area contributed by atoms with Crippen molar-refractivity contribution in [3.63, 3.8) is 0 Å². The van der Waals surface area contributed by atoms with Gasteiger partial charge in [-0.2, -0.15) is 0 Å². The second-order valence-corrected chi connectivity index (χ2v) is 5.24. The number of ketones is 1. The zero-order valence-electron chi connectivity index (χ0n) is 11.4. The summed E-state index contributed by atoms with van der Waals surface area (Å²) in [6.45, 7) is 3.55. The van der Waals surface area contributed by atoms with Gasteiger partial charge in [0.1, 0.15) is 0 Å². The van der Waals surface area contributed by atoms with Crippen LogP contribution < -0.4 is 0 Å². The first kappa shape index (κ1) is 15.5. The molecule has 0 bridgehead atoms. The number of nitrogens with zero attached hydrogens (tertiary/aromatic N) is 2. The summed E-state index contributed by atoms with van der Waals surface area (Å²) in [6, 6.07) is 5.90. The summed E-state index contributed by atoms with van der Waals surface area (Å²) in [4.78, 5) is 22.2. The van der Waals surface area contributed by atoms with E-state index in [1.165, 1.54) is 18.2 Å². The first-order valence-electron chi connectivity index (χ1n) is 6.09. The minimum absolute atomic E-state index is 0.0629. The highest BCUT2D eigenvalue weighted by molar-refractivity contribution is 6.32. The number of carbonyl (C=O) groups excluding carboxylic acids is 1. The molecule has 0 amide bonds. The highest BCUT2D eigenvalue weighted by atomic mass is 35.5. The third-order valence-corrected chi connectivity index (χ3v) is 3.80. The van der Waals surface area contributed by atoms with Crippen LogP contribution in [0.15, 0.2) is 24.3 Å². The van der Waals surface area contributed by atoms with Gasteiger partial charge in [-0.05, 0) is 26.0 Å². The average Bonchev–Trinajstić information content (AvgIpc) is 2.74. The maximum absolute atomic E-state index is 11.8. The number of benzene rings is 1. The molecule has 0 spiro atoms. The molecular weight excluding hydrogens is 315 g/mol. The Labute approximate surface area is 131 Å². The van der Waals surface area contributed by atoms with Crippen molar-refractivity contribution in [2.75, 3.05) is 5.88 Å². The molecule has 21 heavy (non-hydrogen) atoms. The molecule has 1 aromatic carbocycles. The molecular formula is C14H12Cl2N2O3. The zero-order valence-corrected chi connectivity index (χ0v) is 12.9. The number of carbonyl (C=O) groups is 1. The quantitative estimate of drug-likeness (QED) is 0.368. The fraction of sp³-hybridized carbons (Fsp3) is 0.214. The predicted molar refractivity (Wildman–Crippen MR) is 82.0 cm³/mol. The van der Waals surface area contributed by atoms with Gasteiger partial charge in [0, 0.05) is 29.1 Å². The van der Waals surface area contributed by atoms with Gasteiger partial charge in [-0.3, -0.25) is 14.9 Å². The maximum Gasteiger partial charge on any atom is 0.271 e. The average molecular weight is 327 g/mol. The molecule has 110 valence electrons. The van der Waals surface area contributed by atoms with E-state index >= 15 is 0 Å². The van der Waals surface area contributed by atoms with Gasteiger partial charge >= 0.3 is 0 Å². The summed E-state index contributed by atoms with van der Waals surface area (Å²) in [5, 5.41) is 11.3. The zero-order chi connectivity index (χ0) is 15.7. The fourth-order valence-electron chi connectivity index (χ4n) is 2.27. The largest absolute Gasteiger partial charge is 0.316 e. The van der Waals surface area contributed by atoms with Crippen molar-refractivity contribution in [2.24, 2.45) is 0 Å². The molecule has 0 N–H and O–H groups in total. The van der Waals surface area contributed by atoms with Crippen molar-refractivity contribution in [3.05, 3.63) is 56.4 Å². The Morgan fingerprint density at radius 3 is 2.57 bits per heavy atom. The number of hydrogen-bond acceptors (Lipinski definition) is 3. The van der Waals surface area contributed by atoms with E-state index in [1.807, 2.05) is 0 Å². The lowest BCUT2D eigenvalue weighted by atomic mass is 10.2. The van der Waals surface area contributed by atoms with Crippen LogP contribution in [0.5, 0.6) is 0 Å². The van der Waals surface area contributed by atoms with Crippen LogP contribution in [0, 0.1) is 24.0 Å². The molecule has 0 radical (unpaired) electrons. The minimum Gasteiger partial charge on any atom is -0.316 e. The number of aryl methyl sites for hydroxylation is 1. The van der Waals surface area contributed by atoms with Gasteiger partial charge in [0.05, 0.1) is 21.5 Å². The van der Waals surface area contributed by atoms with Crippen LogP contribution in [0.3, 0.4) is 0 Å². The number of non-ortho nitro benzene ring substituents is 1. The van der Waals surface area contributed by atoms with Gasteiger partial charge in [0.25, 0.3) is 5.69 Å². The van der Waals surface area contributed by atoms with Crippen molar-refractivity contribution < 1.29 is 9.72 Å². The number of alkyl halides is 1. The molecule has 0 saturated heterocycles. The van der Waals surface area contributed by atoms with Gasteiger partial charge in [0.15, 0.2) is 5.78 Å². The van der Waals surface area contributed by atoms with Gasteiger partial charge in [-0.1, -0.05) is 11.6 Å². The molecule has 2 rings (SSSR count). The lowest BCUT2D eigenvalue weighted by Crippen LogP contribution is -2.05. The summed E-state index contributed by atoms with van der Waals surface area (Å²) < 4.78 is 1.72. The highest BCUT2D eigenvalue weighted by Gasteiger charge is 2.19. The summed E-state index contributed by atoms with van der Waals surface area (Å²) in [5.74, 6) is -0.315. The van der Waals surface area contributed by atoms with E-state index < -0.39 is 4.92 Å². The number of nitro groups is 1. The maximum atomic E-state index is 11.8. The third kappa shape index (κ3) is 2.80. The number of nitro benzene ring substituents is 1. The SMILES string of the molecule is Cc1cc(C(=O)CCl)c(C)n1-c1cc([N+](=O)[O-])ccc1Cl. The molecule has 0 aliphatic rings. The predicted octanol–water partition coefficient (Wildman–Crippen LogP) is 4.08. The Balaban J connectivity index is 2.67. The number of Topliss-reactive ketones (excluding diaryl/α,β-unsaturated/α-hetero) is 1. The van der Waals surface area contributed by atoms with Crippen molar-refractivity contribution in [1.82, 2.24) is 4.57 Å². The Morgan fingerprint density at radius 2 is 2.00 bits per heavy atom. The van der Waals surface area contributed by atoms with E-state index in [0.29, 0.717) is 22.0 Å². The van der Waals surface area contributed by atoms with Crippen molar-refractivity contribution in [1.29, 1.82) is 0 Å². The highest BCUT2D eigenvalue weighted by Crippen LogP contribution is 2.30. The number of halogens is 2. The summed E-state index contributed by atoms with van der Waals surface area (Å²) in [5.41, 5.74) is 2.30. The molecule has 1 heterocycles. The van der Waals surface area contributed by atoms with Gasteiger partial charge in [-0.25, -0.2) is 0 Å². The lowest BCUT2D eigenvalue weighted by molar-refractivity contribution is -0.384. The van der Waals surface area contributed by atoms with Crippen LogP contribution in [-0.4, -0.2) is 21.2 Å². The standard InChI is InChI=1S/C14H12Cl2N2O3/c1-8-5-11(14(19)7-15)9(2)17(8)13-6-10(18(20)21)3-4-12(13)16/h3-6H,7H2,1-2H3. The van der Waals surface area contributed by atoms with E-state index in [0.717, 1.165) is 5.69 Å². The van der Waals surface area contributed by atoms with Crippen LogP contribution in [-0.2, 0) is 0 Å². The number of rotatable bonds is 4. The molecule has 0 fully saturated rings. The second-order valence-electron chi connectivity index (χ2n) is 4.57. The smallest absolute Gasteiger partial charge is 0.271 e. The van der Waals surface area contributed by atoms with E-state index in [2.05, 4.69) is 0 Å². The first-order valence-corrected chi connectivity index (χ1v) is 7.00. The van der Waals surface area contributed by atoms with Crippen molar-refractivity contribution in [3.8, 4) is 5.69 Å². The van der Waals surface area contributed by atoms with Gasteiger partial charge in [-0.15, -0.1) is 11.6 Å². The summed E-state index contributed by atoms with van der Waals surface area (Å²) in [7, 11) is 0. The molecule has 1 aromatic heterocycles. The fourth-order valence-corrected chi connectivity index (χ4v) is 2.62. The Kier molecular flexibility index (Phi) is 4.34. The molecule has 5 nitrogen and oxygen atoms in total. The van der Waals surface area contributed by atoms with E-state index in [1.54, 1.807) is 24.5 Å². The molecule has 0 aliphatic heterocycles. The van der Waals surface area contributed by atoms with Crippen LogP contribution in [0.1, 0.15) is 21.7 Å². The number of aromatic nitrogens is 1. The van der Waals surface area contributed by atoms with Crippen molar-refractivity contribution >= 4 is 34.7 Å². The molecule has 0 unspecified atom stereocenters. The summed E-state index contributed by atoms with van der Waals surface area (Å²) >= 11 is 11.7. The van der Waals surface area contributed by atoms with Gasteiger partial charge < -0.3 is 4.57 Å². The van der Waals surface area contributed by atoms with E-state index in [-0.39, 0.29) is 17.4 Å². The van der Waals surface area contributed by atoms with Gasteiger partial charge in [0.2, 0.25) is 0 Å². The molecule has 2 aromatic rings. The minimum atomic E-state index is -0.487. The topological polar surface area (TPSA) is 65.1 Å². The van der Waals surface area contributed by atoms with Crippen molar-refractivity contribution in [2.45, 2.75) is 13.8 Å². The second kappa shape index (κ2) is 5.87. The van der Waals surface area contributed by atoms with Crippen LogP contribution in [0.25, 0.3) is 5.69 Å². The van der Waals surface area contributed by atoms with Crippen LogP contribution in [0.2, 0.25) is 5.02 Å². The van der Waals surface area contributed by atoms with Crippen LogP contribution in [0.4, 0.5) is 5.69 Å². The first-order chi connectivity index (χ1) is 9.86. The van der Waals surface area contributed by atoms with Crippen LogP contribution >= 0.6 is 23.2 Å². The van der Waals surface area contributed by atoms with E-state index in [9.17, 15) is 14.9 Å².